The van der Waals surface area contributed by atoms with Crippen molar-refractivity contribution in [2.75, 3.05) is 14.2 Å². The molecule has 2 saturated carbocycles. The maximum Gasteiger partial charge on any atom is 0.330 e. The lowest BCUT2D eigenvalue weighted by molar-refractivity contribution is -0.146. The molecule has 0 aromatic carbocycles. The molecule has 2 fully saturated rings. The van der Waals surface area contributed by atoms with Crippen LogP contribution in [0.15, 0.2) is 11.6 Å². The number of ether oxygens (including phenoxy) is 2. The van der Waals surface area contributed by atoms with E-state index in [9.17, 15) is 9.59 Å². The van der Waals surface area contributed by atoms with Crippen LogP contribution in [0.4, 0.5) is 0 Å². The topological polar surface area (TPSA) is 52.6 Å². The molecule has 0 unspecified atom stereocenters. The first-order valence-electron chi connectivity index (χ1n) is 5.52. The summed E-state index contributed by atoms with van der Waals surface area (Å²) in [6, 6.07) is 0. The van der Waals surface area contributed by atoms with Crippen LogP contribution in [-0.4, -0.2) is 26.2 Å². The Hall–Kier alpha value is -1.32. The van der Waals surface area contributed by atoms with E-state index in [-0.39, 0.29) is 17.9 Å². The Bertz CT molecular complexity index is 345. The van der Waals surface area contributed by atoms with Crippen molar-refractivity contribution in [2.24, 2.45) is 17.8 Å². The number of fused-ring (bicyclic) bond motifs is 2. The third kappa shape index (κ3) is 1.84. The summed E-state index contributed by atoms with van der Waals surface area (Å²) in [7, 11) is 2.81. The van der Waals surface area contributed by atoms with Crippen molar-refractivity contribution >= 4 is 11.9 Å². The molecular formula is C12H16O4. The predicted octanol–water partition coefficient (Wildman–Crippen LogP) is 1.30. The van der Waals surface area contributed by atoms with E-state index < -0.39 is 0 Å². The van der Waals surface area contributed by atoms with E-state index in [4.69, 9.17) is 4.74 Å². The number of esters is 2. The minimum atomic E-state index is -0.294. The molecule has 0 spiro atoms. The lowest BCUT2D eigenvalue weighted by Crippen LogP contribution is -2.23. The van der Waals surface area contributed by atoms with Crippen molar-refractivity contribution < 1.29 is 19.1 Å². The summed E-state index contributed by atoms with van der Waals surface area (Å²) in [5.41, 5.74) is 1.14. The highest BCUT2D eigenvalue weighted by atomic mass is 16.5. The normalized spacial score (nSPS) is 34.1. The van der Waals surface area contributed by atoms with Crippen molar-refractivity contribution in [3.8, 4) is 0 Å². The van der Waals surface area contributed by atoms with E-state index in [1.165, 1.54) is 14.2 Å². The molecule has 2 aliphatic rings. The fourth-order valence-electron chi connectivity index (χ4n) is 2.95. The maximum absolute atomic E-state index is 11.5. The molecule has 4 nitrogen and oxygen atoms in total. The fourth-order valence-corrected chi connectivity index (χ4v) is 2.95. The summed E-state index contributed by atoms with van der Waals surface area (Å²) >= 11 is 0. The second-order valence-electron chi connectivity index (χ2n) is 4.50. The largest absolute Gasteiger partial charge is 0.469 e. The van der Waals surface area contributed by atoms with Gasteiger partial charge in [-0.2, -0.15) is 0 Å². The Morgan fingerprint density at radius 1 is 1.25 bits per heavy atom. The van der Waals surface area contributed by atoms with Gasteiger partial charge in [-0.05, 0) is 31.1 Å². The Morgan fingerprint density at radius 2 is 2.00 bits per heavy atom. The second-order valence-corrected chi connectivity index (χ2v) is 4.50. The molecule has 2 aliphatic carbocycles. The molecule has 16 heavy (non-hydrogen) atoms. The SMILES string of the molecule is COC(=O)/C=C1\C[C@@H]2C[C@H]1C[C@@H]2C(=O)OC. The van der Waals surface area contributed by atoms with Crippen LogP contribution >= 0.6 is 0 Å². The molecule has 0 aromatic rings. The average Bonchev–Trinajstić information content (AvgIpc) is 2.87. The number of allylic oxidation sites excluding steroid dienone is 1. The monoisotopic (exact) mass is 224 g/mol. The van der Waals surface area contributed by atoms with Crippen molar-refractivity contribution in [1.82, 2.24) is 0 Å². The van der Waals surface area contributed by atoms with E-state index >= 15 is 0 Å². The summed E-state index contributed by atoms with van der Waals surface area (Å²) in [6.45, 7) is 0. The van der Waals surface area contributed by atoms with Gasteiger partial charge in [-0.1, -0.05) is 5.57 Å². The van der Waals surface area contributed by atoms with Crippen molar-refractivity contribution in [3.05, 3.63) is 11.6 Å². The molecule has 0 aliphatic heterocycles. The van der Waals surface area contributed by atoms with Gasteiger partial charge in [0.1, 0.15) is 0 Å². The van der Waals surface area contributed by atoms with Crippen LogP contribution in [0.1, 0.15) is 19.3 Å². The predicted molar refractivity (Wildman–Crippen MR) is 56.4 cm³/mol. The first-order valence-corrected chi connectivity index (χ1v) is 5.52. The van der Waals surface area contributed by atoms with Crippen LogP contribution in [0, 0.1) is 17.8 Å². The van der Waals surface area contributed by atoms with Gasteiger partial charge in [0.15, 0.2) is 0 Å². The van der Waals surface area contributed by atoms with E-state index in [0.717, 1.165) is 24.8 Å². The van der Waals surface area contributed by atoms with Crippen molar-refractivity contribution in [1.29, 1.82) is 0 Å². The highest BCUT2D eigenvalue weighted by Gasteiger charge is 2.46. The van der Waals surface area contributed by atoms with Gasteiger partial charge in [-0.15, -0.1) is 0 Å². The maximum atomic E-state index is 11.5. The lowest BCUT2D eigenvalue weighted by Gasteiger charge is -2.20. The van der Waals surface area contributed by atoms with Crippen LogP contribution in [-0.2, 0) is 19.1 Å². The molecule has 4 heteroatoms. The number of methoxy groups -OCH3 is 2. The third-order valence-electron chi connectivity index (χ3n) is 3.73. The first-order chi connectivity index (χ1) is 7.65. The summed E-state index contributed by atoms with van der Waals surface area (Å²) in [5, 5.41) is 0. The Labute approximate surface area is 94.6 Å². The van der Waals surface area contributed by atoms with Crippen LogP contribution in [0.2, 0.25) is 0 Å². The summed E-state index contributed by atoms with van der Waals surface area (Å²) < 4.78 is 9.38. The highest BCUT2D eigenvalue weighted by Crippen LogP contribution is 2.51. The van der Waals surface area contributed by atoms with E-state index in [0.29, 0.717) is 11.8 Å². The van der Waals surface area contributed by atoms with Crippen molar-refractivity contribution in [3.63, 3.8) is 0 Å². The van der Waals surface area contributed by atoms with Gasteiger partial charge in [0.2, 0.25) is 0 Å². The second kappa shape index (κ2) is 4.28. The van der Waals surface area contributed by atoms with E-state index in [2.05, 4.69) is 4.74 Å². The fraction of sp³-hybridized carbons (Fsp3) is 0.667. The summed E-state index contributed by atoms with van der Waals surface area (Å²) in [6.07, 6.45) is 4.24. The summed E-state index contributed by atoms with van der Waals surface area (Å²) in [5.74, 6) is 0.355. The molecule has 3 atom stereocenters. The van der Waals surface area contributed by atoms with Gasteiger partial charge >= 0.3 is 11.9 Å². The Morgan fingerprint density at radius 3 is 2.50 bits per heavy atom. The first kappa shape index (κ1) is 11.2. The zero-order valence-corrected chi connectivity index (χ0v) is 9.56. The third-order valence-corrected chi connectivity index (χ3v) is 3.73. The summed E-state index contributed by atoms with van der Waals surface area (Å²) in [4.78, 5) is 22.6. The molecule has 0 heterocycles. The van der Waals surface area contributed by atoms with Crippen LogP contribution in [0.3, 0.4) is 0 Å². The van der Waals surface area contributed by atoms with Gasteiger partial charge in [0.05, 0.1) is 20.1 Å². The number of hydrogen-bond acceptors (Lipinski definition) is 4. The molecule has 0 amide bonds. The van der Waals surface area contributed by atoms with Gasteiger partial charge in [-0.25, -0.2) is 4.79 Å². The quantitative estimate of drug-likeness (QED) is 0.524. The average molecular weight is 224 g/mol. The molecule has 0 aromatic heterocycles. The van der Waals surface area contributed by atoms with Crippen LogP contribution < -0.4 is 0 Å². The van der Waals surface area contributed by atoms with Crippen LogP contribution in [0.25, 0.3) is 0 Å². The van der Waals surface area contributed by atoms with Gasteiger partial charge in [0.25, 0.3) is 0 Å². The molecule has 0 N–H and O–H groups in total. The smallest absolute Gasteiger partial charge is 0.330 e. The minimum Gasteiger partial charge on any atom is -0.469 e. The minimum absolute atomic E-state index is 0.0322. The molecular weight excluding hydrogens is 208 g/mol. The standard InChI is InChI=1S/C12H16O4/c1-15-11(13)6-8-4-9-3-7(8)5-10(9)12(14)16-2/h6-7,9-10H,3-5H2,1-2H3/b8-6+/t7-,9-,10-/m0/s1. The van der Waals surface area contributed by atoms with Crippen LogP contribution in [0.5, 0.6) is 0 Å². The number of hydrogen-bond donors (Lipinski definition) is 0. The van der Waals surface area contributed by atoms with Gasteiger partial charge in [0, 0.05) is 6.08 Å². The number of carbonyl (C=O) groups is 2. The van der Waals surface area contributed by atoms with Gasteiger partial charge in [-0.3, -0.25) is 4.79 Å². The zero-order chi connectivity index (χ0) is 11.7. The Kier molecular flexibility index (Phi) is 2.99. The highest BCUT2D eigenvalue weighted by molar-refractivity contribution is 5.83. The van der Waals surface area contributed by atoms with Crippen molar-refractivity contribution in [2.45, 2.75) is 19.3 Å². The van der Waals surface area contributed by atoms with Gasteiger partial charge < -0.3 is 9.47 Å². The van der Waals surface area contributed by atoms with E-state index in [1.807, 2.05) is 0 Å². The molecule has 0 radical (unpaired) electrons. The number of rotatable bonds is 2. The molecule has 88 valence electrons. The molecule has 0 saturated heterocycles. The number of carbonyl (C=O) groups excluding carboxylic acids is 2. The lowest BCUT2D eigenvalue weighted by atomic mass is 9.85. The zero-order valence-electron chi connectivity index (χ0n) is 9.56. The Balaban J connectivity index is 2.03. The van der Waals surface area contributed by atoms with E-state index in [1.54, 1.807) is 6.08 Å². The molecule has 2 rings (SSSR count). The molecule has 2 bridgehead atoms.